The molecular weight excluding hydrogens is 288 g/mol. The molecule has 1 aliphatic heterocycles. The maximum Gasteiger partial charge on any atom is 0.309 e. The van der Waals surface area contributed by atoms with Gasteiger partial charge in [0.25, 0.3) is 0 Å². The molecule has 2 amide bonds. The number of aliphatic hydroxyl groups excluding tert-OH is 4. The molecule has 1 aliphatic rings. The fourth-order valence-corrected chi connectivity index (χ4v) is 1.36. The van der Waals surface area contributed by atoms with Gasteiger partial charge >= 0.3 is 6.03 Å². The van der Waals surface area contributed by atoms with E-state index in [0.717, 1.165) is 0 Å². The molecule has 10 heteroatoms. The number of carbonyl (C=O) groups is 2. The van der Waals surface area contributed by atoms with Crippen molar-refractivity contribution in [2.24, 2.45) is 11.5 Å². The summed E-state index contributed by atoms with van der Waals surface area (Å²) in [6.07, 6.45) is -5.81. The Labute approximate surface area is 122 Å². The van der Waals surface area contributed by atoms with Crippen LogP contribution in [0.15, 0.2) is 0 Å². The number of aliphatic hydroxyl groups is 4. The highest BCUT2D eigenvalue weighted by Gasteiger charge is 2.43. The van der Waals surface area contributed by atoms with Crippen molar-refractivity contribution in [2.75, 3.05) is 13.7 Å². The van der Waals surface area contributed by atoms with Crippen LogP contribution in [0.1, 0.15) is 13.8 Å². The normalized spacial score (nSPS) is 31.1. The molecule has 0 saturated carbocycles. The Bertz CT molecular complexity index is 293. The number of hydrogen-bond acceptors (Lipinski definition) is 8. The summed E-state index contributed by atoms with van der Waals surface area (Å²) in [4.78, 5) is 18.4. The molecule has 1 saturated heterocycles. The minimum atomic E-state index is -1.49. The maximum absolute atomic E-state index is 9.44. The van der Waals surface area contributed by atoms with E-state index in [-0.39, 0.29) is 12.4 Å². The topological polar surface area (TPSA) is 186 Å². The van der Waals surface area contributed by atoms with E-state index in [1.807, 2.05) is 0 Å². The van der Waals surface area contributed by atoms with Gasteiger partial charge in [0, 0.05) is 7.11 Å². The van der Waals surface area contributed by atoms with Crippen LogP contribution in [0.4, 0.5) is 4.79 Å². The van der Waals surface area contributed by atoms with E-state index in [9.17, 15) is 15.0 Å². The van der Waals surface area contributed by atoms with Crippen molar-refractivity contribution in [2.45, 2.75) is 44.6 Å². The second-order valence-corrected chi connectivity index (χ2v) is 4.24. The molecule has 8 N–H and O–H groups in total. The van der Waals surface area contributed by atoms with E-state index in [0.29, 0.717) is 0 Å². The van der Waals surface area contributed by atoms with Crippen LogP contribution in [0.2, 0.25) is 0 Å². The lowest BCUT2D eigenvalue weighted by molar-refractivity contribution is -0.290. The Kier molecular flexibility index (Phi) is 11.9. The summed E-state index contributed by atoms with van der Waals surface area (Å²) in [7, 11) is 1.32. The van der Waals surface area contributed by atoms with Crippen molar-refractivity contribution in [1.82, 2.24) is 0 Å². The molecular formula is C11H24N2O8. The minimum absolute atomic E-state index is 0.167. The highest BCUT2D eigenvalue weighted by Crippen LogP contribution is 2.21. The van der Waals surface area contributed by atoms with Crippen LogP contribution in [0.5, 0.6) is 0 Å². The highest BCUT2D eigenvalue weighted by atomic mass is 16.6. The van der Waals surface area contributed by atoms with Gasteiger partial charge in [-0.25, -0.2) is 4.79 Å². The summed E-state index contributed by atoms with van der Waals surface area (Å²) in [5.41, 5.74) is 8.50. The summed E-state index contributed by atoms with van der Waals surface area (Å²) < 4.78 is 9.61. The molecule has 5 unspecified atom stereocenters. The van der Waals surface area contributed by atoms with Crippen molar-refractivity contribution < 1.29 is 39.5 Å². The number of ether oxygens (including phenoxy) is 2. The quantitative estimate of drug-likeness (QED) is 0.312. The monoisotopic (exact) mass is 312 g/mol. The summed E-state index contributed by atoms with van der Waals surface area (Å²) in [6, 6.07) is -0.833. The first kappa shape index (κ1) is 22.0. The van der Waals surface area contributed by atoms with Gasteiger partial charge in [-0.2, -0.15) is 0 Å². The number of nitrogens with two attached hydrogens (primary N) is 2. The maximum atomic E-state index is 9.44. The summed E-state index contributed by atoms with van der Waals surface area (Å²) in [5.74, 6) is 0.167. The van der Waals surface area contributed by atoms with E-state index < -0.39 is 36.7 Å². The standard InChI is InChI=1S/C7H14O6.C3H6O.CH4N2O/c1-12-6-3(2-8)13-7(11)5(10)4(6)9;1-3(2)4;2-1(3)4/h3-11H,2H2,1H3;1-2H3;(H4,2,3,4). The molecule has 0 aromatic carbocycles. The van der Waals surface area contributed by atoms with Crippen LogP contribution in [0, 0.1) is 0 Å². The molecule has 0 aliphatic carbocycles. The zero-order valence-electron chi connectivity index (χ0n) is 12.2. The molecule has 126 valence electrons. The van der Waals surface area contributed by atoms with Gasteiger partial charge in [0.1, 0.15) is 30.2 Å². The van der Waals surface area contributed by atoms with Crippen LogP contribution in [-0.4, -0.2) is 76.7 Å². The first-order chi connectivity index (χ1) is 9.58. The molecule has 0 radical (unpaired) electrons. The van der Waals surface area contributed by atoms with Crippen LogP contribution in [0.3, 0.4) is 0 Å². The van der Waals surface area contributed by atoms with Gasteiger partial charge in [0.05, 0.1) is 6.61 Å². The van der Waals surface area contributed by atoms with Crippen molar-refractivity contribution >= 4 is 11.8 Å². The summed E-state index contributed by atoms with van der Waals surface area (Å²) in [5, 5.41) is 36.4. The Balaban J connectivity index is 0. The number of rotatable bonds is 2. The average molecular weight is 312 g/mol. The van der Waals surface area contributed by atoms with E-state index >= 15 is 0 Å². The number of Topliss-reactive ketones (excluding diaryl/α,β-unsaturated/α-hetero) is 1. The predicted molar refractivity (Wildman–Crippen MR) is 70.9 cm³/mol. The number of carbonyl (C=O) groups excluding carboxylic acids is 2. The SMILES string of the molecule is CC(C)=O.COC1C(CO)OC(O)C(O)C1O.NC(N)=O. The number of ketones is 1. The van der Waals surface area contributed by atoms with Crippen LogP contribution >= 0.6 is 0 Å². The lowest BCUT2D eigenvalue weighted by atomic mass is 9.99. The van der Waals surface area contributed by atoms with Crippen molar-refractivity contribution in [3.8, 4) is 0 Å². The summed E-state index contributed by atoms with van der Waals surface area (Å²) in [6.45, 7) is 2.67. The second kappa shape index (κ2) is 11.4. The van der Waals surface area contributed by atoms with Crippen molar-refractivity contribution in [3.63, 3.8) is 0 Å². The van der Waals surface area contributed by atoms with Gasteiger partial charge in [-0.3, -0.25) is 0 Å². The Morgan fingerprint density at radius 2 is 1.52 bits per heavy atom. The Hall–Kier alpha value is -1.30. The molecule has 1 fully saturated rings. The van der Waals surface area contributed by atoms with Crippen LogP contribution in [-0.2, 0) is 14.3 Å². The Morgan fingerprint density at radius 1 is 1.14 bits per heavy atom. The van der Waals surface area contributed by atoms with E-state index in [1.165, 1.54) is 21.0 Å². The third kappa shape index (κ3) is 10.1. The van der Waals surface area contributed by atoms with Crippen LogP contribution in [0.25, 0.3) is 0 Å². The van der Waals surface area contributed by atoms with E-state index in [2.05, 4.69) is 11.5 Å². The van der Waals surface area contributed by atoms with Gasteiger partial charge in [0.2, 0.25) is 0 Å². The fourth-order valence-electron chi connectivity index (χ4n) is 1.36. The molecule has 21 heavy (non-hydrogen) atoms. The lowest BCUT2D eigenvalue weighted by Crippen LogP contribution is -2.59. The minimum Gasteiger partial charge on any atom is -0.394 e. The smallest absolute Gasteiger partial charge is 0.309 e. The molecule has 0 spiro atoms. The molecule has 0 aromatic heterocycles. The lowest BCUT2D eigenvalue weighted by Gasteiger charge is -2.39. The van der Waals surface area contributed by atoms with E-state index in [4.69, 9.17) is 24.5 Å². The number of hydrogen-bond donors (Lipinski definition) is 6. The molecule has 1 heterocycles. The van der Waals surface area contributed by atoms with Crippen molar-refractivity contribution in [3.05, 3.63) is 0 Å². The summed E-state index contributed by atoms with van der Waals surface area (Å²) >= 11 is 0. The molecule has 5 atom stereocenters. The third-order valence-electron chi connectivity index (χ3n) is 2.11. The van der Waals surface area contributed by atoms with Crippen molar-refractivity contribution in [1.29, 1.82) is 0 Å². The van der Waals surface area contributed by atoms with E-state index in [1.54, 1.807) is 0 Å². The van der Waals surface area contributed by atoms with Crippen LogP contribution < -0.4 is 11.5 Å². The first-order valence-corrected chi connectivity index (χ1v) is 5.93. The number of primary amides is 2. The predicted octanol–water partition coefficient (Wildman–Crippen LogP) is -2.95. The third-order valence-corrected chi connectivity index (χ3v) is 2.11. The zero-order valence-corrected chi connectivity index (χ0v) is 12.2. The van der Waals surface area contributed by atoms with Gasteiger partial charge in [-0.1, -0.05) is 0 Å². The van der Waals surface area contributed by atoms with Gasteiger partial charge in [0.15, 0.2) is 6.29 Å². The molecule has 10 nitrogen and oxygen atoms in total. The molecule has 1 rings (SSSR count). The molecule has 0 aromatic rings. The average Bonchev–Trinajstić information content (AvgIpc) is 2.34. The zero-order chi connectivity index (χ0) is 17.2. The number of methoxy groups -OCH3 is 1. The first-order valence-electron chi connectivity index (χ1n) is 5.93. The van der Waals surface area contributed by atoms with Gasteiger partial charge in [-0.15, -0.1) is 0 Å². The molecule has 0 bridgehead atoms. The Morgan fingerprint density at radius 3 is 1.81 bits per heavy atom. The second-order valence-electron chi connectivity index (χ2n) is 4.24. The fraction of sp³-hybridized carbons (Fsp3) is 0.818. The number of amides is 2. The van der Waals surface area contributed by atoms with Gasteiger partial charge in [-0.05, 0) is 13.8 Å². The largest absolute Gasteiger partial charge is 0.394 e. The number of urea groups is 1. The highest BCUT2D eigenvalue weighted by molar-refractivity contribution is 5.72. The van der Waals surface area contributed by atoms with Gasteiger partial charge < -0.3 is 46.2 Å².